The largest absolute Gasteiger partial charge is 0.497 e. The Bertz CT molecular complexity index is 705. The quantitative estimate of drug-likeness (QED) is 0.459. The number of thiocarbonyl (C=S) groups is 1. The lowest BCUT2D eigenvalue weighted by Gasteiger charge is -2.08. The summed E-state index contributed by atoms with van der Waals surface area (Å²) < 4.78 is 11.3. The second-order valence-corrected chi connectivity index (χ2v) is 5.76. The smallest absolute Gasteiger partial charge is 0.191 e. The average molecular weight is 394 g/mol. The van der Waals surface area contributed by atoms with Crippen molar-refractivity contribution in [2.45, 2.75) is 0 Å². The van der Waals surface area contributed by atoms with Gasteiger partial charge in [0.2, 0.25) is 0 Å². The number of ether oxygens (including phenoxy) is 2. The predicted molar refractivity (Wildman–Crippen MR) is 101 cm³/mol. The van der Waals surface area contributed by atoms with Crippen LogP contribution in [0.4, 0.5) is 5.69 Å². The zero-order chi connectivity index (χ0) is 16.7. The SMILES string of the molecule is COc1ccc(NC(=S)N/N=C\c2cc(Br)ccc2OC)cc1. The summed E-state index contributed by atoms with van der Waals surface area (Å²) in [5.74, 6) is 1.52. The van der Waals surface area contributed by atoms with Crippen molar-refractivity contribution in [1.29, 1.82) is 0 Å². The van der Waals surface area contributed by atoms with Crippen molar-refractivity contribution in [1.82, 2.24) is 5.43 Å². The Balaban J connectivity index is 1.94. The van der Waals surface area contributed by atoms with E-state index in [-0.39, 0.29) is 0 Å². The third kappa shape index (κ3) is 5.22. The van der Waals surface area contributed by atoms with Crippen LogP contribution < -0.4 is 20.2 Å². The normalized spacial score (nSPS) is 10.4. The van der Waals surface area contributed by atoms with E-state index in [2.05, 4.69) is 31.8 Å². The van der Waals surface area contributed by atoms with Crippen LogP contribution in [-0.2, 0) is 0 Å². The van der Waals surface area contributed by atoms with Crippen LogP contribution in [0.15, 0.2) is 52.0 Å². The van der Waals surface area contributed by atoms with E-state index in [0.717, 1.165) is 27.2 Å². The zero-order valence-corrected chi connectivity index (χ0v) is 15.1. The molecule has 5 nitrogen and oxygen atoms in total. The summed E-state index contributed by atoms with van der Waals surface area (Å²) in [4.78, 5) is 0. The van der Waals surface area contributed by atoms with E-state index in [1.54, 1.807) is 20.4 Å². The van der Waals surface area contributed by atoms with Crippen molar-refractivity contribution >= 4 is 45.2 Å². The van der Waals surface area contributed by atoms with Gasteiger partial charge >= 0.3 is 0 Å². The molecule has 120 valence electrons. The molecule has 0 saturated carbocycles. The lowest BCUT2D eigenvalue weighted by Crippen LogP contribution is -2.23. The van der Waals surface area contributed by atoms with Crippen LogP contribution in [0.2, 0.25) is 0 Å². The minimum atomic E-state index is 0.389. The standard InChI is InChI=1S/C16H16BrN3O2S/c1-21-14-6-4-13(5-7-14)19-16(23)20-18-10-11-9-12(17)3-8-15(11)22-2/h3-10H,1-2H3,(H2,19,20,23)/b18-10-. The summed E-state index contributed by atoms with van der Waals surface area (Å²) in [5, 5.41) is 7.54. The van der Waals surface area contributed by atoms with Gasteiger partial charge in [-0.2, -0.15) is 5.10 Å². The molecule has 0 unspecified atom stereocenters. The van der Waals surface area contributed by atoms with Crippen LogP contribution in [-0.4, -0.2) is 25.5 Å². The second-order valence-electron chi connectivity index (χ2n) is 4.44. The Morgan fingerprint density at radius 1 is 1.13 bits per heavy atom. The van der Waals surface area contributed by atoms with Gasteiger partial charge in [0, 0.05) is 15.7 Å². The molecule has 2 rings (SSSR count). The summed E-state index contributed by atoms with van der Waals surface area (Å²) in [5.41, 5.74) is 4.45. The Hall–Kier alpha value is -2.12. The highest BCUT2D eigenvalue weighted by Gasteiger charge is 2.01. The summed E-state index contributed by atoms with van der Waals surface area (Å²) in [7, 11) is 3.24. The molecule has 7 heteroatoms. The second kappa shape index (κ2) is 8.50. The van der Waals surface area contributed by atoms with Gasteiger partial charge in [-0.3, -0.25) is 5.43 Å². The maximum Gasteiger partial charge on any atom is 0.191 e. The summed E-state index contributed by atoms with van der Waals surface area (Å²) in [6, 6.07) is 13.1. The van der Waals surface area contributed by atoms with Gasteiger partial charge in [-0.25, -0.2) is 0 Å². The summed E-state index contributed by atoms with van der Waals surface area (Å²) in [6.45, 7) is 0. The molecule has 0 heterocycles. The van der Waals surface area contributed by atoms with Crippen molar-refractivity contribution in [2.75, 3.05) is 19.5 Å². The van der Waals surface area contributed by atoms with Crippen LogP contribution in [0.25, 0.3) is 0 Å². The first-order valence-corrected chi connectivity index (χ1v) is 7.90. The maximum atomic E-state index is 5.28. The topological polar surface area (TPSA) is 54.9 Å². The van der Waals surface area contributed by atoms with Gasteiger partial charge in [-0.1, -0.05) is 15.9 Å². The molecular weight excluding hydrogens is 378 g/mol. The Kier molecular flexibility index (Phi) is 6.37. The van der Waals surface area contributed by atoms with Gasteiger partial charge in [-0.15, -0.1) is 0 Å². The molecule has 23 heavy (non-hydrogen) atoms. The third-order valence-electron chi connectivity index (χ3n) is 2.91. The maximum absolute atomic E-state index is 5.28. The van der Waals surface area contributed by atoms with E-state index >= 15 is 0 Å². The van der Waals surface area contributed by atoms with Crippen molar-refractivity contribution < 1.29 is 9.47 Å². The van der Waals surface area contributed by atoms with E-state index in [0.29, 0.717) is 5.11 Å². The molecule has 0 aromatic heterocycles. The van der Waals surface area contributed by atoms with Gasteiger partial charge in [0.1, 0.15) is 11.5 Å². The van der Waals surface area contributed by atoms with Gasteiger partial charge in [0.25, 0.3) is 0 Å². The lowest BCUT2D eigenvalue weighted by atomic mass is 10.2. The number of benzene rings is 2. The average Bonchev–Trinajstić information content (AvgIpc) is 2.56. The minimum absolute atomic E-state index is 0.389. The van der Waals surface area contributed by atoms with Crippen LogP contribution >= 0.6 is 28.1 Å². The highest BCUT2D eigenvalue weighted by Crippen LogP contribution is 2.21. The first kappa shape index (κ1) is 17.2. The molecule has 0 spiro atoms. The van der Waals surface area contributed by atoms with Gasteiger partial charge < -0.3 is 14.8 Å². The molecule has 0 fully saturated rings. The predicted octanol–water partition coefficient (Wildman–Crippen LogP) is 3.79. The molecule has 0 radical (unpaired) electrons. The number of halogens is 1. The van der Waals surface area contributed by atoms with E-state index in [1.165, 1.54) is 0 Å². The summed E-state index contributed by atoms with van der Waals surface area (Å²) >= 11 is 8.61. The third-order valence-corrected chi connectivity index (χ3v) is 3.60. The number of methoxy groups -OCH3 is 2. The molecule has 0 aliphatic carbocycles. The summed E-state index contributed by atoms with van der Waals surface area (Å²) in [6.07, 6.45) is 1.64. The monoisotopic (exact) mass is 393 g/mol. The Morgan fingerprint density at radius 3 is 2.52 bits per heavy atom. The minimum Gasteiger partial charge on any atom is -0.497 e. The number of hydrogen-bond acceptors (Lipinski definition) is 4. The fraction of sp³-hybridized carbons (Fsp3) is 0.125. The van der Waals surface area contributed by atoms with E-state index in [9.17, 15) is 0 Å². The van der Waals surface area contributed by atoms with Crippen LogP contribution in [0, 0.1) is 0 Å². The fourth-order valence-corrected chi connectivity index (χ4v) is 2.35. The molecule has 0 aliphatic heterocycles. The molecule has 2 aromatic rings. The molecule has 0 saturated heterocycles. The highest BCUT2D eigenvalue weighted by atomic mass is 79.9. The highest BCUT2D eigenvalue weighted by molar-refractivity contribution is 9.10. The number of nitrogens with zero attached hydrogens (tertiary/aromatic N) is 1. The van der Waals surface area contributed by atoms with Crippen molar-refractivity contribution in [2.24, 2.45) is 5.10 Å². The molecule has 2 aromatic carbocycles. The van der Waals surface area contributed by atoms with Crippen molar-refractivity contribution in [3.05, 3.63) is 52.5 Å². The molecule has 2 N–H and O–H groups in total. The van der Waals surface area contributed by atoms with Gasteiger partial charge in [-0.05, 0) is 54.7 Å². The Morgan fingerprint density at radius 2 is 1.87 bits per heavy atom. The molecule has 0 atom stereocenters. The molecule has 0 bridgehead atoms. The zero-order valence-electron chi connectivity index (χ0n) is 12.7. The number of rotatable bonds is 5. The molecule has 0 amide bonds. The molecule has 0 aliphatic rings. The van der Waals surface area contributed by atoms with Crippen LogP contribution in [0.3, 0.4) is 0 Å². The Labute approximate surface area is 148 Å². The number of nitrogens with one attached hydrogen (secondary N) is 2. The van der Waals surface area contributed by atoms with Crippen LogP contribution in [0.5, 0.6) is 11.5 Å². The van der Waals surface area contributed by atoms with E-state index in [4.69, 9.17) is 21.7 Å². The van der Waals surface area contributed by atoms with Crippen molar-refractivity contribution in [3.8, 4) is 11.5 Å². The van der Waals surface area contributed by atoms with Gasteiger partial charge in [0.15, 0.2) is 5.11 Å². The number of anilines is 1. The van der Waals surface area contributed by atoms with E-state index in [1.807, 2.05) is 42.5 Å². The van der Waals surface area contributed by atoms with Crippen molar-refractivity contribution in [3.63, 3.8) is 0 Å². The fourth-order valence-electron chi connectivity index (χ4n) is 1.80. The van der Waals surface area contributed by atoms with Gasteiger partial charge in [0.05, 0.1) is 20.4 Å². The first-order chi connectivity index (χ1) is 11.1. The molecular formula is C16H16BrN3O2S. The van der Waals surface area contributed by atoms with E-state index < -0.39 is 0 Å². The first-order valence-electron chi connectivity index (χ1n) is 6.70. The number of hydrazone groups is 1. The number of hydrogen-bond donors (Lipinski definition) is 2. The lowest BCUT2D eigenvalue weighted by molar-refractivity contribution is 0.414. The van der Waals surface area contributed by atoms with Crippen LogP contribution in [0.1, 0.15) is 5.56 Å².